The van der Waals surface area contributed by atoms with Crippen molar-refractivity contribution in [3.05, 3.63) is 35.4 Å². The first-order valence-electron chi connectivity index (χ1n) is 4.30. The van der Waals surface area contributed by atoms with Crippen LogP contribution in [0.3, 0.4) is 0 Å². The fourth-order valence-corrected chi connectivity index (χ4v) is 1.26. The molecule has 0 aliphatic rings. The molecule has 0 fully saturated rings. The normalized spacial score (nSPS) is 9.38. The summed E-state index contributed by atoms with van der Waals surface area (Å²) >= 11 is 0. The molecule has 0 bridgehead atoms. The topological polar surface area (TPSA) is 38.0 Å². The van der Waals surface area contributed by atoms with Crippen molar-refractivity contribution in [2.45, 2.75) is 13.0 Å². The molecule has 74 valence electrons. The summed E-state index contributed by atoms with van der Waals surface area (Å²) in [5.41, 5.74) is 8.22. The zero-order valence-corrected chi connectivity index (χ0v) is 8.73. The molecule has 0 radical (unpaired) electrons. The highest BCUT2D eigenvalue weighted by atomic mass is 35.5. The Labute approximate surface area is 85.9 Å². The van der Waals surface area contributed by atoms with Crippen molar-refractivity contribution in [3.63, 3.8) is 0 Å². The Hall–Kier alpha value is -0.570. The van der Waals surface area contributed by atoms with Gasteiger partial charge in [0.15, 0.2) is 0 Å². The summed E-state index contributed by atoms with van der Waals surface area (Å²) in [5, 5.41) is 3.13. The van der Waals surface area contributed by atoms with Crippen LogP contribution in [-0.4, -0.2) is 13.6 Å². The van der Waals surface area contributed by atoms with E-state index in [1.807, 2.05) is 13.1 Å². The fraction of sp³-hybridized carbons (Fsp3) is 0.400. The van der Waals surface area contributed by atoms with Crippen molar-refractivity contribution in [1.82, 2.24) is 5.32 Å². The van der Waals surface area contributed by atoms with Gasteiger partial charge in [0.1, 0.15) is 0 Å². The molecule has 1 aromatic rings. The minimum atomic E-state index is 0. The molecule has 0 heterocycles. The number of halogens is 1. The van der Waals surface area contributed by atoms with Gasteiger partial charge in [0, 0.05) is 6.54 Å². The molecule has 0 amide bonds. The molecule has 1 aromatic carbocycles. The van der Waals surface area contributed by atoms with E-state index in [2.05, 4.69) is 23.5 Å². The Kier molecular flexibility index (Phi) is 6.59. The van der Waals surface area contributed by atoms with E-state index in [0.29, 0.717) is 6.54 Å². The first-order valence-corrected chi connectivity index (χ1v) is 4.30. The highest BCUT2D eigenvalue weighted by Crippen LogP contribution is 2.07. The van der Waals surface area contributed by atoms with Gasteiger partial charge in [-0.2, -0.15) is 0 Å². The van der Waals surface area contributed by atoms with Gasteiger partial charge in [-0.15, -0.1) is 12.4 Å². The van der Waals surface area contributed by atoms with Gasteiger partial charge in [-0.1, -0.05) is 24.3 Å². The third-order valence-corrected chi connectivity index (χ3v) is 1.98. The van der Waals surface area contributed by atoms with Crippen LogP contribution in [0.5, 0.6) is 0 Å². The second-order valence-electron chi connectivity index (χ2n) is 2.83. The molecule has 2 nitrogen and oxygen atoms in total. The molecule has 0 saturated heterocycles. The Morgan fingerprint density at radius 1 is 1.23 bits per heavy atom. The molecule has 3 N–H and O–H groups in total. The van der Waals surface area contributed by atoms with E-state index in [-0.39, 0.29) is 12.4 Å². The van der Waals surface area contributed by atoms with Crippen molar-refractivity contribution in [2.75, 3.05) is 13.6 Å². The monoisotopic (exact) mass is 200 g/mol. The average Bonchev–Trinajstić information content (AvgIpc) is 2.15. The van der Waals surface area contributed by atoms with Gasteiger partial charge in [-0.3, -0.25) is 0 Å². The first kappa shape index (κ1) is 12.4. The SMILES string of the molecule is CNCCc1ccccc1CN.Cl. The van der Waals surface area contributed by atoms with Crippen molar-refractivity contribution in [3.8, 4) is 0 Å². The second kappa shape index (κ2) is 6.89. The number of benzene rings is 1. The average molecular weight is 201 g/mol. The Balaban J connectivity index is 0.00000144. The Bertz CT molecular complexity index is 238. The Morgan fingerprint density at radius 3 is 2.38 bits per heavy atom. The van der Waals surface area contributed by atoms with Gasteiger partial charge in [0.05, 0.1) is 0 Å². The highest BCUT2D eigenvalue weighted by Gasteiger charge is 1.97. The van der Waals surface area contributed by atoms with Gasteiger partial charge >= 0.3 is 0 Å². The molecule has 3 heteroatoms. The largest absolute Gasteiger partial charge is 0.326 e. The van der Waals surface area contributed by atoms with Crippen LogP contribution in [0.4, 0.5) is 0 Å². The lowest BCUT2D eigenvalue weighted by atomic mass is 10.1. The second-order valence-corrected chi connectivity index (χ2v) is 2.83. The van der Waals surface area contributed by atoms with E-state index in [9.17, 15) is 0 Å². The van der Waals surface area contributed by atoms with Crippen LogP contribution in [0.25, 0.3) is 0 Å². The molecule has 13 heavy (non-hydrogen) atoms. The zero-order chi connectivity index (χ0) is 8.81. The number of likely N-dealkylation sites (N-methyl/N-ethyl adjacent to an activating group) is 1. The van der Waals surface area contributed by atoms with E-state index in [1.54, 1.807) is 0 Å². The molecular weight excluding hydrogens is 184 g/mol. The maximum atomic E-state index is 5.60. The minimum Gasteiger partial charge on any atom is -0.326 e. The molecule has 0 saturated carbocycles. The van der Waals surface area contributed by atoms with E-state index in [1.165, 1.54) is 11.1 Å². The molecule has 0 unspecified atom stereocenters. The molecular formula is C10H17ClN2. The van der Waals surface area contributed by atoms with Crippen molar-refractivity contribution >= 4 is 12.4 Å². The van der Waals surface area contributed by atoms with Crippen LogP contribution in [-0.2, 0) is 13.0 Å². The Morgan fingerprint density at radius 2 is 1.85 bits per heavy atom. The lowest BCUT2D eigenvalue weighted by Crippen LogP contribution is -2.12. The van der Waals surface area contributed by atoms with Crippen LogP contribution in [0.1, 0.15) is 11.1 Å². The summed E-state index contributed by atoms with van der Waals surface area (Å²) in [6.45, 7) is 1.65. The summed E-state index contributed by atoms with van der Waals surface area (Å²) < 4.78 is 0. The molecule has 0 aliphatic carbocycles. The number of hydrogen-bond acceptors (Lipinski definition) is 2. The summed E-state index contributed by atoms with van der Waals surface area (Å²) in [4.78, 5) is 0. The van der Waals surface area contributed by atoms with Crippen LogP contribution in [0, 0.1) is 0 Å². The third kappa shape index (κ3) is 3.77. The lowest BCUT2D eigenvalue weighted by Gasteiger charge is -2.06. The van der Waals surface area contributed by atoms with Gasteiger partial charge in [0.25, 0.3) is 0 Å². The van der Waals surface area contributed by atoms with Crippen LogP contribution in [0.2, 0.25) is 0 Å². The quantitative estimate of drug-likeness (QED) is 0.770. The summed E-state index contributed by atoms with van der Waals surface area (Å²) in [5.74, 6) is 0. The lowest BCUT2D eigenvalue weighted by molar-refractivity contribution is 0.784. The van der Waals surface area contributed by atoms with Crippen molar-refractivity contribution in [1.29, 1.82) is 0 Å². The van der Waals surface area contributed by atoms with E-state index >= 15 is 0 Å². The molecule has 0 spiro atoms. The van der Waals surface area contributed by atoms with E-state index < -0.39 is 0 Å². The van der Waals surface area contributed by atoms with Gasteiger partial charge in [-0.25, -0.2) is 0 Å². The summed E-state index contributed by atoms with van der Waals surface area (Å²) in [7, 11) is 1.96. The predicted octanol–water partition coefficient (Wildman–Crippen LogP) is 1.33. The van der Waals surface area contributed by atoms with Gasteiger partial charge in [0.2, 0.25) is 0 Å². The third-order valence-electron chi connectivity index (χ3n) is 1.98. The first-order chi connectivity index (χ1) is 5.88. The standard InChI is InChI=1S/C10H16N2.ClH/c1-12-7-6-9-4-2-3-5-10(9)8-11;/h2-5,12H,6-8,11H2,1H3;1H. The smallest absolute Gasteiger partial charge is 0.0180 e. The summed E-state index contributed by atoms with van der Waals surface area (Å²) in [6.07, 6.45) is 1.06. The maximum Gasteiger partial charge on any atom is 0.0180 e. The van der Waals surface area contributed by atoms with E-state index in [0.717, 1.165) is 13.0 Å². The minimum absolute atomic E-state index is 0. The van der Waals surface area contributed by atoms with Crippen LogP contribution < -0.4 is 11.1 Å². The molecule has 0 atom stereocenters. The number of nitrogens with two attached hydrogens (primary N) is 1. The van der Waals surface area contributed by atoms with Crippen LogP contribution >= 0.6 is 12.4 Å². The highest BCUT2D eigenvalue weighted by molar-refractivity contribution is 5.85. The molecule has 0 aromatic heterocycles. The van der Waals surface area contributed by atoms with Crippen molar-refractivity contribution < 1.29 is 0 Å². The van der Waals surface area contributed by atoms with Crippen LogP contribution in [0.15, 0.2) is 24.3 Å². The molecule has 1 rings (SSSR count). The van der Waals surface area contributed by atoms with Gasteiger partial charge < -0.3 is 11.1 Å². The number of nitrogens with one attached hydrogen (secondary N) is 1. The zero-order valence-electron chi connectivity index (χ0n) is 7.92. The maximum absolute atomic E-state index is 5.60. The number of hydrogen-bond donors (Lipinski definition) is 2. The predicted molar refractivity (Wildman–Crippen MR) is 59.2 cm³/mol. The van der Waals surface area contributed by atoms with Crippen molar-refractivity contribution in [2.24, 2.45) is 5.73 Å². The summed E-state index contributed by atoms with van der Waals surface area (Å²) in [6, 6.07) is 8.32. The fourth-order valence-electron chi connectivity index (χ4n) is 1.26. The number of rotatable bonds is 4. The molecule has 0 aliphatic heterocycles. The van der Waals surface area contributed by atoms with Gasteiger partial charge in [-0.05, 0) is 31.1 Å². The van der Waals surface area contributed by atoms with E-state index in [4.69, 9.17) is 5.73 Å².